The molecule has 0 saturated carbocycles. The maximum absolute atomic E-state index is 11.0. The molecule has 2 aromatic carbocycles. The molecule has 0 heterocycles. The molecule has 2 rings (SSSR count). The number of hydrogen-bond donors (Lipinski definition) is 1. The molecule has 5 heteroatoms. The Balaban J connectivity index is 2.57. The number of rotatable bonds is 2. The highest BCUT2D eigenvalue weighted by Crippen LogP contribution is 2.28. The van der Waals surface area contributed by atoms with Crippen molar-refractivity contribution in [2.75, 3.05) is 0 Å². The van der Waals surface area contributed by atoms with Crippen molar-refractivity contribution in [1.82, 2.24) is 0 Å². The van der Waals surface area contributed by atoms with Gasteiger partial charge < -0.3 is 5.11 Å². The Labute approximate surface area is 119 Å². The van der Waals surface area contributed by atoms with E-state index in [0.717, 1.165) is 0 Å². The predicted octanol–water partition coefficient (Wildman–Crippen LogP) is 4.23. The fourth-order valence-corrected chi connectivity index (χ4v) is 2.02. The van der Waals surface area contributed by atoms with Gasteiger partial charge in [0.1, 0.15) is 6.07 Å². The van der Waals surface area contributed by atoms with E-state index in [9.17, 15) is 4.79 Å². The Morgan fingerprint density at radius 2 is 1.63 bits per heavy atom. The molecule has 0 radical (unpaired) electrons. The minimum absolute atomic E-state index is 0.0209. The van der Waals surface area contributed by atoms with Crippen molar-refractivity contribution in [3.05, 3.63) is 57.6 Å². The fraction of sp³-hybridized carbons (Fsp3) is 0. The summed E-state index contributed by atoms with van der Waals surface area (Å²) in [6, 6.07) is 11.6. The Bertz CT molecular complexity index is 705. The summed E-state index contributed by atoms with van der Waals surface area (Å²) in [7, 11) is 0. The molecule has 0 saturated heterocycles. The van der Waals surface area contributed by atoms with E-state index in [1.807, 2.05) is 6.07 Å². The number of halogens is 2. The Morgan fingerprint density at radius 1 is 1.05 bits per heavy atom. The van der Waals surface area contributed by atoms with Gasteiger partial charge in [0, 0.05) is 0 Å². The molecule has 0 amide bonds. The monoisotopic (exact) mass is 291 g/mol. The lowest BCUT2D eigenvalue weighted by atomic mass is 10.0. The summed E-state index contributed by atoms with van der Waals surface area (Å²) in [5, 5.41) is 18.5. The second kappa shape index (κ2) is 5.31. The largest absolute Gasteiger partial charge is 0.478 e. The lowest BCUT2D eigenvalue weighted by Crippen LogP contribution is -1.97. The summed E-state index contributed by atoms with van der Waals surface area (Å²) >= 11 is 11.7. The van der Waals surface area contributed by atoms with Crippen LogP contribution in [0.5, 0.6) is 0 Å². The molecule has 0 bridgehead atoms. The summed E-state index contributed by atoms with van der Waals surface area (Å²) in [6.07, 6.45) is 0. The molecule has 0 aromatic heterocycles. The maximum Gasteiger partial charge on any atom is 0.337 e. The van der Waals surface area contributed by atoms with Crippen LogP contribution in [0.15, 0.2) is 36.4 Å². The van der Waals surface area contributed by atoms with Crippen molar-refractivity contribution in [3.8, 4) is 17.2 Å². The van der Waals surface area contributed by atoms with Gasteiger partial charge in [-0.3, -0.25) is 0 Å². The van der Waals surface area contributed by atoms with Crippen molar-refractivity contribution in [1.29, 1.82) is 5.26 Å². The predicted molar refractivity (Wildman–Crippen MR) is 73.6 cm³/mol. The molecule has 2 aromatic rings. The number of carbonyl (C=O) groups is 1. The van der Waals surface area contributed by atoms with Gasteiger partial charge >= 0.3 is 5.97 Å². The van der Waals surface area contributed by atoms with E-state index in [2.05, 4.69) is 0 Å². The quantitative estimate of drug-likeness (QED) is 0.901. The van der Waals surface area contributed by atoms with Gasteiger partial charge in [-0.25, -0.2) is 4.79 Å². The van der Waals surface area contributed by atoms with Gasteiger partial charge in [-0.15, -0.1) is 0 Å². The second-order valence-corrected chi connectivity index (χ2v) is 4.62. The summed E-state index contributed by atoms with van der Waals surface area (Å²) in [5.74, 6) is -1.10. The Morgan fingerprint density at radius 3 is 2.21 bits per heavy atom. The zero-order valence-corrected chi connectivity index (χ0v) is 11.0. The first-order valence-corrected chi connectivity index (χ1v) is 6.01. The van der Waals surface area contributed by atoms with Crippen LogP contribution in [0.4, 0.5) is 0 Å². The van der Waals surface area contributed by atoms with Gasteiger partial charge in [-0.05, 0) is 35.4 Å². The summed E-state index contributed by atoms with van der Waals surface area (Å²) in [4.78, 5) is 11.0. The first kappa shape index (κ1) is 13.4. The van der Waals surface area contributed by atoms with E-state index < -0.39 is 5.97 Å². The minimum Gasteiger partial charge on any atom is -0.478 e. The molecule has 0 aliphatic heterocycles. The highest BCUT2D eigenvalue weighted by molar-refractivity contribution is 6.33. The normalized spacial score (nSPS) is 9.95. The van der Waals surface area contributed by atoms with Crippen molar-refractivity contribution in [2.45, 2.75) is 0 Å². The van der Waals surface area contributed by atoms with E-state index in [4.69, 9.17) is 33.6 Å². The van der Waals surface area contributed by atoms with E-state index >= 15 is 0 Å². The molecule has 19 heavy (non-hydrogen) atoms. The average Bonchev–Trinajstić information content (AvgIpc) is 2.39. The molecule has 94 valence electrons. The number of nitrogens with zero attached hydrogens (tertiary/aromatic N) is 1. The van der Waals surface area contributed by atoms with Crippen LogP contribution < -0.4 is 0 Å². The maximum atomic E-state index is 11.0. The van der Waals surface area contributed by atoms with Crippen LogP contribution in [-0.4, -0.2) is 11.1 Å². The van der Waals surface area contributed by atoms with Crippen LogP contribution in [-0.2, 0) is 0 Å². The lowest BCUT2D eigenvalue weighted by molar-refractivity contribution is 0.0697. The van der Waals surface area contributed by atoms with Crippen LogP contribution in [0.2, 0.25) is 10.0 Å². The highest BCUT2D eigenvalue weighted by Gasteiger charge is 2.11. The van der Waals surface area contributed by atoms with Gasteiger partial charge in [0.2, 0.25) is 0 Å². The molecule has 0 aliphatic carbocycles. The van der Waals surface area contributed by atoms with Crippen LogP contribution in [0, 0.1) is 11.3 Å². The van der Waals surface area contributed by atoms with Gasteiger partial charge in [-0.2, -0.15) is 5.26 Å². The fourth-order valence-electron chi connectivity index (χ4n) is 1.66. The molecule has 3 nitrogen and oxygen atoms in total. The van der Waals surface area contributed by atoms with Crippen LogP contribution in [0.25, 0.3) is 11.1 Å². The molecular weight excluding hydrogens is 285 g/mol. The zero-order valence-electron chi connectivity index (χ0n) is 9.52. The molecule has 0 unspecified atom stereocenters. The molecule has 0 atom stereocenters. The van der Waals surface area contributed by atoms with Crippen molar-refractivity contribution in [3.63, 3.8) is 0 Å². The number of benzene rings is 2. The Kier molecular flexibility index (Phi) is 3.75. The van der Waals surface area contributed by atoms with Gasteiger partial charge in [0.05, 0.1) is 21.2 Å². The SMILES string of the molecule is N#Cc1cc(-c2ccc(Cl)c(C(=O)O)c2)ccc1Cl. The summed E-state index contributed by atoms with van der Waals surface area (Å²) in [5.41, 5.74) is 1.73. The van der Waals surface area contributed by atoms with Gasteiger partial charge in [-0.1, -0.05) is 35.3 Å². The third-order valence-corrected chi connectivity index (χ3v) is 3.28. The number of carboxylic acid groups (broad SMARTS) is 1. The van der Waals surface area contributed by atoms with Crippen molar-refractivity contribution in [2.24, 2.45) is 0 Å². The molecule has 0 aliphatic rings. The first-order chi connectivity index (χ1) is 9.02. The molecule has 0 spiro atoms. The number of aromatic carboxylic acids is 1. The smallest absolute Gasteiger partial charge is 0.337 e. The van der Waals surface area contributed by atoms with E-state index in [-0.39, 0.29) is 10.6 Å². The Hall–Kier alpha value is -2.02. The van der Waals surface area contributed by atoms with E-state index in [1.54, 1.807) is 24.3 Å². The van der Waals surface area contributed by atoms with Gasteiger partial charge in [0.15, 0.2) is 0 Å². The lowest BCUT2D eigenvalue weighted by Gasteiger charge is -2.06. The standard InChI is InChI=1S/C14H7Cl2NO2/c15-12-3-1-8(5-10(12)7-17)9-2-4-13(16)11(6-9)14(18)19/h1-6H,(H,18,19). The topological polar surface area (TPSA) is 61.1 Å². The van der Waals surface area contributed by atoms with E-state index in [0.29, 0.717) is 21.7 Å². The number of hydrogen-bond acceptors (Lipinski definition) is 2. The summed E-state index contributed by atoms with van der Waals surface area (Å²) in [6.45, 7) is 0. The zero-order chi connectivity index (χ0) is 14.0. The molecule has 0 fully saturated rings. The third kappa shape index (κ3) is 2.70. The average molecular weight is 292 g/mol. The summed E-state index contributed by atoms with van der Waals surface area (Å²) < 4.78 is 0. The second-order valence-electron chi connectivity index (χ2n) is 3.81. The third-order valence-electron chi connectivity index (χ3n) is 2.62. The van der Waals surface area contributed by atoms with Gasteiger partial charge in [0.25, 0.3) is 0 Å². The van der Waals surface area contributed by atoms with Crippen LogP contribution >= 0.6 is 23.2 Å². The first-order valence-electron chi connectivity index (χ1n) is 5.26. The van der Waals surface area contributed by atoms with Crippen molar-refractivity contribution < 1.29 is 9.90 Å². The number of carboxylic acids is 1. The molecular formula is C14H7Cl2NO2. The molecule has 1 N–H and O–H groups in total. The van der Waals surface area contributed by atoms with E-state index in [1.165, 1.54) is 12.1 Å². The van der Waals surface area contributed by atoms with Crippen LogP contribution in [0.3, 0.4) is 0 Å². The minimum atomic E-state index is -1.10. The van der Waals surface area contributed by atoms with Crippen molar-refractivity contribution >= 4 is 29.2 Å². The highest BCUT2D eigenvalue weighted by atomic mass is 35.5. The number of nitriles is 1. The van der Waals surface area contributed by atoms with Crippen LogP contribution in [0.1, 0.15) is 15.9 Å².